The maximum absolute atomic E-state index is 12.5. The smallest absolute Gasteiger partial charge is 0.256 e. The second-order valence-electron chi connectivity index (χ2n) is 7.01. The zero-order chi connectivity index (χ0) is 17.8. The zero-order valence-corrected chi connectivity index (χ0v) is 14.9. The standard InChI is InChI=1S/C19H26N4O2/c1-14(2)13-23-18(7-10-20-23)21-19(25)15-3-5-16(6-4-15)22-11-8-17(24)9-12-22/h3-7,10,14,17,24H,8-9,11-13H2,1-2H3,(H,21,25). The second kappa shape index (κ2) is 7.70. The minimum atomic E-state index is -0.183. The minimum absolute atomic E-state index is 0.133. The van der Waals surface area contributed by atoms with Crippen LogP contribution < -0.4 is 10.2 Å². The van der Waals surface area contributed by atoms with E-state index < -0.39 is 0 Å². The highest BCUT2D eigenvalue weighted by molar-refractivity contribution is 6.04. The summed E-state index contributed by atoms with van der Waals surface area (Å²) in [5.74, 6) is 1.04. The molecule has 0 aliphatic carbocycles. The monoisotopic (exact) mass is 342 g/mol. The molecule has 0 bridgehead atoms. The number of aromatic nitrogens is 2. The number of anilines is 2. The van der Waals surface area contributed by atoms with Gasteiger partial charge in [0, 0.05) is 37.0 Å². The number of carbonyl (C=O) groups excluding carboxylic acids is 1. The topological polar surface area (TPSA) is 70.4 Å². The number of aliphatic hydroxyl groups excluding tert-OH is 1. The molecule has 1 aliphatic heterocycles. The van der Waals surface area contributed by atoms with Crippen molar-refractivity contribution < 1.29 is 9.90 Å². The fourth-order valence-electron chi connectivity index (χ4n) is 3.07. The largest absolute Gasteiger partial charge is 0.393 e. The number of aliphatic hydroxyl groups is 1. The maximum Gasteiger partial charge on any atom is 0.256 e. The van der Waals surface area contributed by atoms with Gasteiger partial charge in [-0.1, -0.05) is 13.8 Å². The van der Waals surface area contributed by atoms with Crippen molar-refractivity contribution in [3.63, 3.8) is 0 Å². The molecule has 0 spiro atoms. The number of nitrogens with one attached hydrogen (secondary N) is 1. The molecule has 2 N–H and O–H groups in total. The number of carbonyl (C=O) groups is 1. The third-order valence-corrected chi connectivity index (χ3v) is 4.46. The molecule has 0 saturated carbocycles. The van der Waals surface area contributed by atoms with Crippen LogP contribution in [0, 0.1) is 5.92 Å². The molecular formula is C19H26N4O2. The lowest BCUT2D eigenvalue weighted by molar-refractivity contribution is 0.102. The van der Waals surface area contributed by atoms with E-state index in [2.05, 4.69) is 29.2 Å². The molecule has 3 rings (SSSR count). The zero-order valence-electron chi connectivity index (χ0n) is 14.9. The van der Waals surface area contributed by atoms with Crippen LogP contribution in [0.4, 0.5) is 11.5 Å². The van der Waals surface area contributed by atoms with Gasteiger partial charge in [0.1, 0.15) is 5.82 Å². The van der Waals surface area contributed by atoms with Crippen LogP contribution in [0.3, 0.4) is 0 Å². The van der Waals surface area contributed by atoms with Crippen LogP contribution in [0.5, 0.6) is 0 Å². The van der Waals surface area contributed by atoms with E-state index in [-0.39, 0.29) is 12.0 Å². The average Bonchev–Trinajstić information content (AvgIpc) is 3.02. The molecule has 134 valence electrons. The van der Waals surface area contributed by atoms with Gasteiger partial charge in [-0.25, -0.2) is 4.68 Å². The lowest BCUT2D eigenvalue weighted by Crippen LogP contribution is -2.35. The molecule has 0 unspecified atom stereocenters. The fourth-order valence-corrected chi connectivity index (χ4v) is 3.07. The number of hydrogen-bond donors (Lipinski definition) is 2. The predicted molar refractivity (Wildman–Crippen MR) is 98.9 cm³/mol. The van der Waals surface area contributed by atoms with Gasteiger partial charge in [0.2, 0.25) is 0 Å². The van der Waals surface area contributed by atoms with Crippen LogP contribution in [-0.2, 0) is 6.54 Å². The molecule has 0 atom stereocenters. The Balaban J connectivity index is 1.64. The molecule has 1 aliphatic rings. The molecule has 6 nitrogen and oxygen atoms in total. The molecular weight excluding hydrogens is 316 g/mol. The van der Waals surface area contributed by atoms with Gasteiger partial charge in [0.15, 0.2) is 0 Å². The van der Waals surface area contributed by atoms with Crippen LogP contribution in [0.1, 0.15) is 37.0 Å². The van der Waals surface area contributed by atoms with Crippen molar-refractivity contribution in [3.8, 4) is 0 Å². The van der Waals surface area contributed by atoms with Gasteiger partial charge in [-0.15, -0.1) is 0 Å². The normalized spacial score (nSPS) is 15.6. The number of hydrogen-bond acceptors (Lipinski definition) is 4. The lowest BCUT2D eigenvalue weighted by atomic mass is 10.1. The minimum Gasteiger partial charge on any atom is -0.393 e. The van der Waals surface area contributed by atoms with E-state index in [0.29, 0.717) is 17.3 Å². The Labute approximate surface area is 148 Å². The maximum atomic E-state index is 12.5. The summed E-state index contributed by atoms with van der Waals surface area (Å²) in [5.41, 5.74) is 1.71. The quantitative estimate of drug-likeness (QED) is 0.876. The Hall–Kier alpha value is -2.34. The van der Waals surface area contributed by atoms with Gasteiger partial charge >= 0.3 is 0 Å². The summed E-state index contributed by atoms with van der Waals surface area (Å²) in [6, 6.07) is 9.45. The highest BCUT2D eigenvalue weighted by Gasteiger charge is 2.17. The highest BCUT2D eigenvalue weighted by Crippen LogP contribution is 2.21. The summed E-state index contributed by atoms with van der Waals surface area (Å²) >= 11 is 0. The van der Waals surface area contributed by atoms with Crippen molar-refractivity contribution in [2.24, 2.45) is 5.92 Å². The van der Waals surface area contributed by atoms with Crippen LogP contribution in [0.2, 0.25) is 0 Å². The highest BCUT2D eigenvalue weighted by atomic mass is 16.3. The fraction of sp³-hybridized carbons (Fsp3) is 0.474. The molecule has 1 fully saturated rings. The number of amides is 1. The lowest BCUT2D eigenvalue weighted by Gasteiger charge is -2.31. The first-order chi connectivity index (χ1) is 12.0. The first-order valence-electron chi connectivity index (χ1n) is 8.89. The van der Waals surface area contributed by atoms with E-state index in [1.807, 2.05) is 35.0 Å². The van der Waals surface area contributed by atoms with E-state index >= 15 is 0 Å². The van der Waals surface area contributed by atoms with E-state index in [1.54, 1.807) is 6.20 Å². The van der Waals surface area contributed by atoms with Crippen LogP contribution in [0.25, 0.3) is 0 Å². The van der Waals surface area contributed by atoms with Gasteiger partial charge < -0.3 is 15.3 Å². The molecule has 1 aromatic carbocycles. The SMILES string of the molecule is CC(C)Cn1nccc1NC(=O)c1ccc(N2CCC(O)CC2)cc1. The van der Waals surface area contributed by atoms with Gasteiger partial charge in [-0.2, -0.15) is 5.10 Å². The van der Waals surface area contributed by atoms with Crippen LogP contribution >= 0.6 is 0 Å². The summed E-state index contributed by atoms with van der Waals surface area (Å²) in [6.45, 7) is 6.70. The van der Waals surface area contributed by atoms with Crippen LogP contribution in [0.15, 0.2) is 36.5 Å². The summed E-state index contributed by atoms with van der Waals surface area (Å²) < 4.78 is 1.82. The summed E-state index contributed by atoms with van der Waals surface area (Å²) in [6.07, 6.45) is 3.10. The van der Waals surface area contributed by atoms with Crippen molar-refractivity contribution in [2.75, 3.05) is 23.3 Å². The Morgan fingerprint density at radius 2 is 1.92 bits per heavy atom. The number of nitrogens with zero attached hydrogens (tertiary/aromatic N) is 3. The average molecular weight is 342 g/mol. The van der Waals surface area contributed by atoms with E-state index in [4.69, 9.17) is 0 Å². The summed E-state index contributed by atoms with van der Waals surface area (Å²) in [4.78, 5) is 14.7. The van der Waals surface area contributed by atoms with Crippen molar-refractivity contribution in [1.29, 1.82) is 0 Å². The Bertz CT molecular complexity index is 700. The van der Waals surface area contributed by atoms with Crippen molar-refractivity contribution in [2.45, 2.75) is 39.3 Å². The first kappa shape index (κ1) is 17.5. The number of piperidine rings is 1. The van der Waals surface area contributed by atoms with E-state index in [1.165, 1.54) is 0 Å². The summed E-state index contributed by atoms with van der Waals surface area (Å²) in [7, 11) is 0. The molecule has 1 saturated heterocycles. The predicted octanol–water partition coefficient (Wildman–Crippen LogP) is 2.75. The Kier molecular flexibility index (Phi) is 5.38. The van der Waals surface area contributed by atoms with Gasteiger partial charge in [-0.3, -0.25) is 4.79 Å². The second-order valence-corrected chi connectivity index (χ2v) is 7.01. The van der Waals surface area contributed by atoms with Gasteiger partial charge in [-0.05, 0) is 43.0 Å². The molecule has 1 amide bonds. The van der Waals surface area contributed by atoms with Crippen molar-refractivity contribution in [3.05, 3.63) is 42.1 Å². The molecule has 0 radical (unpaired) electrons. The molecule has 25 heavy (non-hydrogen) atoms. The van der Waals surface area contributed by atoms with E-state index in [9.17, 15) is 9.90 Å². The molecule has 2 aromatic rings. The Morgan fingerprint density at radius 3 is 2.56 bits per heavy atom. The number of rotatable bonds is 5. The first-order valence-corrected chi connectivity index (χ1v) is 8.89. The van der Waals surface area contributed by atoms with Crippen molar-refractivity contribution >= 4 is 17.4 Å². The van der Waals surface area contributed by atoms with Gasteiger partial charge in [0.25, 0.3) is 5.91 Å². The molecule has 6 heteroatoms. The third-order valence-electron chi connectivity index (χ3n) is 4.46. The third kappa shape index (κ3) is 4.39. The number of benzene rings is 1. The van der Waals surface area contributed by atoms with Crippen molar-refractivity contribution in [1.82, 2.24) is 9.78 Å². The molecule has 1 aromatic heterocycles. The van der Waals surface area contributed by atoms with E-state index in [0.717, 1.165) is 38.2 Å². The Morgan fingerprint density at radius 1 is 1.24 bits per heavy atom. The van der Waals surface area contributed by atoms with Crippen LogP contribution in [-0.4, -0.2) is 40.0 Å². The molecule has 2 heterocycles. The summed E-state index contributed by atoms with van der Waals surface area (Å²) in [5, 5.41) is 16.8. The van der Waals surface area contributed by atoms with Gasteiger partial charge in [0.05, 0.1) is 12.3 Å².